The predicted molar refractivity (Wildman–Crippen MR) is 87.8 cm³/mol. The van der Waals surface area contributed by atoms with Gasteiger partial charge in [-0.2, -0.15) is 0 Å². The summed E-state index contributed by atoms with van der Waals surface area (Å²) in [7, 11) is 0. The van der Waals surface area contributed by atoms with Gasteiger partial charge in [-0.1, -0.05) is 18.2 Å². The standard InChI is InChI=1S/C18H23N3/c1-5-19-17-13(4)16(20-18(21-17)14-9-10-14)15-8-6-7-11(2)12(15)3/h6-8,14H,5,9-10H2,1-4H3,(H,19,20,21). The molecule has 1 aliphatic rings. The average molecular weight is 281 g/mol. The molecule has 1 aromatic carbocycles. The van der Waals surface area contributed by atoms with Crippen molar-refractivity contribution in [2.75, 3.05) is 11.9 Å². The lowest BCUT2D eigenvalue weighted by molar-refractivity contribution is 0.918. The second-order valence-electron chi connectivity index (χ2n) is 5.96. The van der Waals surface area contributed by atoms with E-state index in [2.05, 4.69) is 51.2 Å². The van der Waals surface area contributed by atoms with Crippen molar-refractivity contribution in [1.29, 1.82) is 0 Å². The van der Waals surface area contributed by atoms with Crippen LogP contribution in [0.25, 0.3) is 11.3 Å². The smallest absolute Gasteiger partial charge is 0.134 e. The third kappa shape index (κ3) is 2.65. The van der Waals surface area contributed by atoms with Crippen molar-refractivity contribution in [3.05, 3.63) is 40.7 Å². The maximum atomic E-state index is 4.90. The molecule has 0 spiro atoms. The molecule has 2 aromatic rings. The van der Waals surface area contributed by atoms with E-state index in [0.29, 0.717) is 5.92 Å². The molecule has 3 heteroatoms. The van der Waals surface area contributed by atoms with Crippen molar-refractivity contribution in [3.63, 3.8) is 0 Å². The zero-order chi connectivity index (χ0) is 15.0. The fourth-order valence-electron chi connectivity index (χ4n) is 2.67. The van der Waals surface area contributed by atoms with Crippen molar-refractivity contribution in [3.8, 4) is 11.3 Å². The second kappa shape index (κ2) is 5.47. The highest BCUT2D eigenvalue weighted by atomic mass is 15.0. The Morgan fingerprint density at radius 1 is 1.10 bits per heavy atom. The maximum Gasteiger partial charge on any atom is 0.134 e. The summed E-state index contributed by atoms with van der Waals surface area (Å²) in [6.07, 6.45) is 2.45. The molecular weight excluding hydrogens is 258 g/mol. The zero-order valence-corrected chi connectivity index (χ0v) is 13.3. The lowest BCUT2D eigenvalue weighted by Crippen LogP contribution is -2.08. The number of rotatable bonds is 4. The summed E-state index contributed by atoms with van der Waals surface area (Å²) >= 11 is 0. The highest BCUT2D eigenvalue weighted by molar-refractivity contribution is 5.72. The van der Waals surface area contributed by atoms with Crippen LogP contribution in [0, 0.1) is 20.8 Å². The molecule has 3 nitrogen and oxygen atoms in total. The average Bonchev–Trinajstić information content (AvgIpc) is 3.29. The van der Waals surface area contributed by atoms with E-state index >= 15 is 0 Å². The van der Waals surface area contributed by atoms with E-state index < -0.39 is 0 Å². The molecule has 0 radical (unpaired) electrons. The minimum atomic E-state index is 0.562. The van der Waals surface area contributed by atoms with E-state index in [1.807, 2.05) is 0 Å². The minimum Gasteiger partial charge on any atom is -0.370 e. The summed E-state index contributed by atoms with van der Waals surface area (Å²) in [5, 5.41) is 3.39. The predicted octanol–water partition coefficient (Wildman–Crippen LogP) is 4.38. The number of hydrogen-bond acceptors (Lipinski definition) is 3. The number of nitrogens with zero attached hydrogens (tertiary/aromatic N) is 2. The highest BCUT2D eigenvalue weighted by Crippen LogP contribution is 2.40. The van der Waals surface area contributed by atoms with E-state index in [0.717, 1.165) is 29.4 Å². The van der Waals surface area contributed by atoms with Gasteiger partial charge in [0.2, 0.25) is 0 Å². The molecule has 1 N–H and O–H groups in total. The molecule has 1 saturated carbocycles. The van der Waals surface area contributed by atoms with Crippen LogP contribution in [-0.4, -0.2) is 16.5 Å². The molecule has 1 heterocycles. The normalized spacial score (nSPS) is 14.3. The molecule has 0 saturated heterocycles. The van der Waals surface area contributed by atoms with Gasteiger partial charge in [-0.05, 0) is 51.7 Å². The van der Waals surface area contributed by atoms with Gasteiger partial charge in [0, 0.05) is 23.6 Å². The molecular formula is C18H23N3. The van der Waals surface area contributed by atoms with E-state index in [4.69, 9.17) is 9.97 Å². The minimum absolute atomic E-state index is 0.562. The number of aryl methyl sites for hydroxylation is 1. The van der Waals surface area contributed by atoms with Crippen LogP contribution in [0.15, 0.2) is 18.2 Å². The van der Waals surface area contributed by atoms with Gasteiger partial charge < -0.3 is 5.32 Å². The van der Waals surface area contributed by atoms with Crippen LogP contribution >= 0.6 is 0 Å². The van der Waals surface area contributed by atoms with Crippen LogP contribution in [0.2, 0.25) is 0 Å². The lowest BCUT2D eigenvalue weighted by Gasteiger charge is -2.15. The van der Waals surface area contributed by atoms with Gasteiger partial charge in [-0.15, -0.1) is 0 Å². The molecule has 1 aromatic heterocycles. The van der Waals surface area contributed by atoms with E-state index in [9.17, 15) is 0 Å². The number of benzene rings is 1. The second-order valence-corrected chi connectivity index (χ2v) is 5.96. The molecule has 21 heavy (non-hydrogen) atoms. The molecule has 1 fully saturated rings. The van der Waals surface area contributed by atoms with Crippen LogP contribution in [-0.2, 0) is 0 Å². The molecule has 0 unspecified atom stereocenters. The van der Waals surface area contributed by atoms with E-state index in [1.54, 1.807) is 0 Å². The molecule has 0 amide bonds. The van der Waals surface area contributed by atoms with Gasteiger partial charge in [-0.25, -0.2) is 9.97 Å². The van der Waals surface area contributed by atoms with Crippen molar-refractivity contribution in [2.45, 2.75) is 46.5 Å². The van der Waals surface area contributed by atoms with Gasteiger partial charge in [0.05, 0.1) is 5.69 Å². The topological polar surface area (TPSA) is 37.8 Å². The number of anilines is 1. The SMILES string of the molecule is CCNc1nc(C2CC2)nc(-c2cccc(C)c2C)c1C. The Hall–Kier alpha value is -1.90. The highest BCUT2D eigenvalue weighted by Gasteiger charge is 2.28. The number of nitrogens with one attached hydrogen (secondary N) is 1. The molecule has 110 valence electrons. The van der Waals surface area contributed by atoms with Crippen molar-refractivity contribution in [2.24, 2.45) is 0 Å². The van der Waals surface area contributed by atoms with E-state index in [1.165, 1.54) is 29.5 Å². The van der Waals surface area contributed by atoms with Crippen molar-refractivity contribution in [1.82, 2.24) is 9.97 Å². The fourth-order valence-corrected chi connectivity index (χ4v) is 2.67. The Morgan fingerprint density at radius 2 is 1.86 bits per heavy atom. The van der Waals surface area contributed by atoms with Gasteiger partial charge in [0.15, 0.2) is 0 Å². The first-order chi connectivity index (χ1) is 10.1. The Morgan fingerprint density at radius 3 is 2.52 bits per heavy atom. The van der Waals surface area contributed by atoms with Crippen molar-refractivity contribution >= 4 is 5.82 Å². The number of hydrogen-bond donors (Lipinski definition) is 1. The zero-order valence-electron chi connectivity index (χ0n) is 13.3. The Kier molecular flexibility index (Phi) is 3.66. The first kappa shape index (κ1) is 14.1. The summed E-state index contributed by atoms with van der Waals surface area (Å²) in [6, 6.07) is 6.44. The summed E-state index contributed by atoms with van der Waals surface area (Å²) < 4.78 is 0. The quantitative estimate of drug-likeness (QED) is 0.903. The summed E-state index contributed by atoms with van der Waals surface area (Å²) in [6.45, 7) is 9.44. The third-order valence-corrected chi connectivity index (χ3v) is 4.31. The molecule has 0 aliphatic heterocycles. The van der Waals surface area contributed by atoms with Gasteiger partial charge in [-0.3, -0.25) is 0 Å². The Bertz CT molecular complexity index is 672. The lowest BCUT2D eigenvalue weighted by atomic mass is 9.98. The molecule has 0 atom stereocenters. The largest absolute Gasteiger partial charge is 0.370 e. The summed E-state index contributed by atoms with van der Waals surface area (Å²) in [4.78, 5) is 9.64. The maximum absolute atomic E-state index is 4.90. The Balaban J connectivity index is 2.18. The van der Waals surface area contributed by atoms with Crippen molar-refractivity contribution < 1.29 is 0 Å². The molecule has 1 aliphatic carbocycles. The first-order valence-corrected chi connectivity index (χ1v) is 7.80. The molecule has 3 rings (SSSR count). The number of aromatic nitrogens is 2. The van der Waals surface area contributed by atoms with Gasteiger partial charge in [0.1, 0.15) is 11.6 Å². The van der Waals surface area contributed by atoms with Gasteiger partial charge in [0.25, 0.3) is 0 Å². The van der Waals surface area contributed by atoms with Crippen LogP contribution in [0.1, 0.15) is 48.2 Å². The van der Waals surface area contributed by atoms with E-state index in [-0.39, 0.29) is 0 Å². The molecule has 0 bridgehead atoms. The Labute approximate surface area is 126 Å². The van der Waals surface area contributed by atoms with Crippen LogP contribution in [0.3, 0.4) is 0 Å². The third-order valence-electron chi connectivity index (χ3n) is 4.31. The summed E-state index contributed by atoms with van der Waals surface area (Å²) in [5.74, 6) is 2.56. The van der Waals surface area contributed by atoms with Crippen LogP contribution in [0.5, 0.6) is 0 Å². The van der Waals surface area contributed by atoms with Crippen LogP contribution < -0.4 is 5.32 Å². The first-order valence-electron chi connectivity index (χ1n) is 7.80. The monoisotopic (exact) mass is 281 g/mol. The van der Waals surface area contributed by atoms with Crippen LogP contribution in [0.4, 0.5) is 5.82 Å². The van der Waals surface area contributed by atoms with Gasteiger partial charge >= 0.3 is 0 Å². The fraction of sp³-hybridized carbons (Fsp3) is 0.444. The summed E-state index contributed by atoms with van der Waals surface area (Å²) in [5.41, 5.74) is 6.09.